The second kappa shape index (κ2) is 12.3. The average Bonchev–Trinajstić information content (AvgIpc) is 3.64. The third-order valence-corrected chi connectivity index (χ3v) is 8.54. The Bertz CT molecular complexity index is 2200. The molecule has 1 unspecified atom stereocenters. The van der Waals surface area contributed by atoms with Crippen LogP contribution in [0.15, 0.2) is 100 Å². The number of esters is 1. The highest BCUT2D eigenvalue weighted by Crippen LogP contribution is 2.34. The van der Waals surface area contributed by atoms with E-state index in [0.717, 1.165) is 17.0 Å². The predicted molar refractivity (Wildman–Crippen MR) is 171 cm³/mol. The first kappa shape index (κ1) is 30.2. The molecule has 12 nitrogen and oxygen atoms in total. The zero-order valence-electron chi connectivity index (χ0n) is 25.2. The van der Waals surface area contributed by atoms with Gasteiger partial charge in [-0.25, -0.2) is 14.5 Å². The maximum Gasteiger partial charge on any atom is 0.338 e. The Labute approximate surface area is 265 Å². The zero-order valence-corrected chi connectivity index (χ0v) is 26.0. The van der Waals surface area contributed by atoms with Crippen molar-refractivity contribution in [2.75, 3.05) is 21.3 Å². The first-order valence-corrected chi connectivity index (χ1v) is 14.8. The van der Waals surface area contributed by atoms with E-state index in [-0.39, 0.29) is 22.6 Å². The van der Waals surface area contributed by atoms with Crippen molar-refractivity contribution in [1.29, 1.82) is 0 Å². The maximum atomic E-state index is 14.2. The van der Waals surface area contributed by atoms with Crippen molar-refractivity contribution in [3.63, 3.8) is 0 Å². The molecule has 0 aliphatic carbocycles. The molecule has 0 fully saturated rings. The van der Waals surface area contributed by atoms with Gasteiger partial charge in [0.1, 0.15) is 11.4 Å². The third kappa shape index (κ3) is 5.37. The average molecular weight is 638 g/mol. The van der Waals surface area contributed by atoms with E-state index in [1.165, 1.54) is 30.9 Å². The fourth-order valence-corrected chi connectivity index (χ4v) is 6.38. The highest BCUT2D eigenvalue weighted by molar-refractivity contribution is 7.07. The predicted octanol–water partition coefficient (Wildman–Crippen LogP) is 4.19. The summed E-state index contributed by atoms with van der Waals surface area (Å²) in [5, 5.41) is 16.6. The van der Waals surface area contributed by atoms with Crippen molar-refractivity contribution >= 4 is 29.1 Å². The summed E-state index contributed by atoms with van der Waals surface area (Å²) >= 11 is 1.16. The van der Waals surface area contributed by atoms with Crippen LogP contribution in [0.1, 0.15) is 24.1 Å². The molecule has 46 heavy (non-hydrogen) atoms. The van der Waals surface area contributed by atoms with Crippen LogP contribution in [0.25, 0.3) is 23.0 Å². The summed E-state index contributed by atoms with van der Waals surface area (Å²) in [6.45, 7) is 1.71. The lowest BCUT2D eigenvalue weighted by molar-refractivity contribution is -0.385. The van der Waals surface area contributed by atoms with Gasteiger partial charge in [-0.2, -0.15) is 5.10 Å². The van der Waals surface area contributed by atoms with E-state index in [2.05, 4.69) is 4.99 Å². The van der Waals surface area contributed by atoms with Crippen molar-refractivity contribution in [3.8, 4) is 28.4 Å². The summed E-state index contributed by atoms with van der Waals surface area (Å²) in [5.41, 5.74) is 2.93. The number of carbonyl (C=O) groups is 1. The van der Waals surface area contributed by atoms with Gasteiger partial charge in [-0.3, -0.25) is 19.5 Å². The number of carbonyl (C=O) groups excluding carboxylic acids is 1. The Morgan fingerprint density at radius 3 is 2.41 bits per heavy atom. The minimum atomic E-state index is -0.799. The second-order valence-corrected chi connectivity index (χ2v) is 11.2. The summed E-state index contributed by atoms with van der Waals surface area (Å²) < 4.78 is 19.1. The smallest absolute Gasteiger partial charge is 0.338 e. The molecule has 0 bridgehead atoms. The normalized spacial score (nSPS) is 14.4. The molecule has 1 aliphatic rings. The van der Waals surface area contributed by atoms with Crippen LogP contribution in [0, 0.1) is 10.1 Å². The minimum absolute atomic E-state index is 0.112. The number of nitro groups is 1. The Morgan fingerprint density at radius 1 is 1.02 bits per heavy atom. The fourth-order valence-electron chi connectivity index (χ4n) is 5.35. The third-order valence-electron chi connectivity index (χ3n) is 7.56. The number of nitrogens with zero attached hydrogens (tertiary/aromatic N) is 5. The summed E-state index contributed by atoms with van der Waals surface area (Å²) in [4.78, 5) is 43.5. The van der Waals surface area contributed by atoms with Gasteiger partial charge >= 0.3 is 11.7 Å². The molecule has 0 amide bonds. The van der Waals surface area contributed by atoms with Gasteiger partial charge in [0.2, 0.25) is 0 Å². The largest absolute Gasteiger partial charge is 0.497 e. The minimum Gasteiger partial charge on any atom is -0.497 e. The lowest BCUT2D eigenvalue weighted by Gasteiger charge is -2.24. The molecule has 1 aliphatic heterocycles. The van der Waals surface area contributed by atoms with Crippen LogP contribution >= 0.6 is 11.3 Å². The van der Waals surface area contributed by atoms with Crippen molar-refractivity contribution < 1.29 is 23.9 Å². The van der Waals surface area contributed by atoms with Gasteiger partial charge in [0.15, 0.2) is 10.6 Å². The molecule has 1 atom stereocenters. The van der Waals surface area contributed by atoms with Crippen molar-refractivity contribution in [2.24, 2.45) is 4.99 Å². The second-order valence-electron chi connectivity index (χ2n) is 10.2. The van der Waals surface area contributed by atoms with Gasteiger partial charge in [-0.05, 0) is 55.0 Å². The van der Waals surface area contributed by atoms with Crippen LogP contribution in [0.2, 0.25) is 0 Å². The first-order chi connectivity index (χ1) is 22.2. The Balaban J connectivity index is 1.57. The van der Waals surface area contributed by atoms with Crippen LogP contribution in [0.3, 0.4) is 0 Å². The molecular weight excluding hydrogens is 610 g/mol. The number of thiazole rings is 1. The summed E-state index contributed by atoms with van der Waals surface area (Å²) in [6, 6.07) is 20.2. The molecular formula is C33H27N5O7S. The summed E-state index contributed by atoms with van der Waals surface area (Å²) in [6.07, 6.45) is 3.44. The van der Waals surface area contributed by atoms with Crippen molar-refractivity contribution in [1.82, 2.24) is 14.3 Å². The van der Waals surface area contributed by atoms with E-state index in [1.807, 2.05) is 30.3 Å². The van der Waals surface area contributed by atoms with Gasteiger partial charge in [0, 0.05) is 23.4 Å². The molecule has 232 valence electrons. The summed E-state index contributed by atoms with van der Waals surface area (Å²) in [5.74, 6) is 0.142. The van der Waals surface area contributed by atoms with E-state index in [1.54, 1.807) is 61.3 Å². The summed E-state index contributed by atoms with van der Waals surface area (Å²) in [7, 11) is 4.21. The Hall–Kier alpha value is -5.82. The molecule has 13 heteroatoms. The van der Waals surface area contributed by atoms with Crippen LogP contribution in [0.5, 0.6) is 11.5 Å². The number of benzene rings is 3. The van der Waals surface area contributed by atoms with Crippen LogP contribution in [-0.4, -0.2) is 46.6 Å². The molecule has 2 aromatic heterocycles. The Morgan fingerprint density at radius 2 is 1.76 bits per heavy atom. The standard InChI is InChI=1S/C33H27N5O7S/c1-19-28(32(40)45-4)30(20-10-13-24(43-2)14-11-20)37-31(39)27(46-33(37)34-19)17-22-18-36(23-8-6-5-7-9-23)35-29(22)21-12-15-26(44-3)25(16-21)38(41)42/h5-18,30H,1-4H3. The number of allylic oxidation sites excluding steroid dienone is 1. The lowest BCUT2D eigenvalue weighted by atomic mass is 9.96. The molecule has 0 saturated carbocycles. The van der Waals surface area contributed by atoms with Crippen molar-refractivity contribution in [2.45, 2.75) is 13.0 Å². The quantitative estimate of drug-likeness (QED) is 0.140. The number of hydrogen-bond acceptors (Lipinski definition) is 10. The molecule has 6 rings (SSSR count). The monoisotopic (exact) mass is 637 g/mol. The lowest BCUT2D eigenvalue weighted by Crippen LogP contribution is -2.39. The van der Waals surface area contributed by atoms with Crippen molar-refractivity contribution in [3.05, 3.63) is 131 Å². The van der Waals surface area contributed by atoms with E-state index in [0.29, 0.717) is 43.2 Å². The van der Waals surface area contributed by atoms with E-state index >= 15 is 0 Å². The highest BCUT2D eigenvalue weighted by atomic mass is 32.1. The first-order valence-electron chi connectivity index (χ1n) is 14.0. The number of para-hydroxylation sites is 1. The van der Waals surface area contributed by atoms with Gasteiger partial charge in [-0.15, -0.1) is 0 Å². The van der Waals surface area contributed by atoms with E-state index in [9.17, 15) is 19.7 Å². The van der Waals surface area contributed by atoms with E-state index < -0.39 is 16.9 Å². The topological polar surface area (TPSA) is 140 Å². The Kier molecular flexibility index (Phi) is 8.07. The SMILES string of the molecule is COC(=O)C1=C(C)N=c2sc(=Cc3cn(-c4ccccc4)nc3-c3ccc(OC)c([N+](=O)[O-])c3)c(=O)n2C1c1ccc(OC)cc1. The number of nitro benzene ring substituents is 1. The molecule has 0 N–H and O–H groups in total. The highest BCUT2D eigenvalue weighted by Gasteiger charge is 2.33. The number of rotatable bonds is 8. The number of fused-ring (bicyclic) bond motifs is 1. The van der Waals surface area contributed by atoms with Crippen LogP contribution < -0.4 is 24.4 Å². The maximum absolute atomic E-state index is 14.2. The molecule has 0 radical (unpaired) electrons. The van der Waals surface area contributed by atoms with Gasteiger partial charge in [0.05, 0.1) is 53.8 Å². The van der Waals surface area contributed by atoms with Gasteiger partial charge in [0.25, 0.3) is 5.56 Å². The number of methoxy groups -OCH3 is 3. The van der Waals surface area contributed by atoms with Gasteiger partial charge < -0.3 is 14.2 Å². The van der Waals surface area contributed by atoms with E-state index in [4.69, 9.17) is 19.3 Å². The van der Waals surface area contributed by atoms with Crippen LogP contribution in [0.4, 0.5) is 5.69 Å². The zero-order chi connectivity index (χ0) is 32.5. The van der Waals surface area contributed by atoms with Gasteiger partial charge in [-0.1, -0.05) is 41.7 Å². The molecule has 3 heterocycles. The fraction of sp³-hybridized carbons (Fsp3) is 0.152. The van der Waals surface area contributed by atoms with Crippen LogP contribution in [-0.2, 0) is 9.53 Å². The number of aromatic nitrogens is 3. The number of ether oxygens (including phenoxy) is 3. The number of hydrogen-bond donors (Lipinski definition) is 0. The molecule has 3 aromatic carbocycles. The molecule has 5 aromatic rings. The molecule has 0 spiro atoms. The molecule has 0 saturated heterocycles.